The molecule has 8 atom stereocenters. The zero-order chi connectivity index (χ0) is 23.6. The first-order chi connectivity index (χ1) is 15.8. The molecule has 11 nitrogen and oxygen atoms in total. The molecule has 4 heterocycles. The molecular formula is C21H44N8O3S. The third-order valence-corrected chi connectivity index (χ3v) is 9.84. The van der Waals surface area contributed by atoms with Gasteiger partial charge >= 0.3 is 0 Å². The van der Waals surface area contributed by atoms with Crippen molar-refractivity contribution in [3.8, 4) is 0 Å². The first-order valence-corrected chi connectivity index (χ1v) is 14.0. The molecule has 33 heavy (non-hydrogen) atoms. The van der Waals surface area contributed by atoms with Crippen LogP contribution in [0.5, 0.6) is 0 Å². The minimum atomic E-state index is -3.66. The van der Waals surface area contributed by atoms with E-state index in [2.05, 4.69) is 37.9 Å². The van der Waals surface area contributed by atoms with Gasteiger partial charge in [-0.25, -0.2) is 18.1 Å². The molecule has 4 aliphatic rings. The molecule has 0 amide bonds. The molecule has 0 aromatic heterocycles. The van der Waals surface area contributed by atoms with E-state index in [0.717, 1.165) is 38.4 Å². The number of piperidine rings is 2. The van der Waals surface area contributed by atoms with Gasteiger partial charge in [0.15, 0.2) is 0 Å². The Labute approximate surface area is 198 Å². The van der Waals surface area contributed by atoms with Crippen molar-refractivity contribution in [1.29, 1.82) is 0 Å². The zero-order valence-corrected chi connectivity index (χ0v) is 21.1. The lowest BCUT2D eigenvalue weighted by Crippen LogP contribution is -2.67. The first-order valence-electron chi connectivity index (χ1n) is 12.5. The quantitative estimate of drug-likeness (QED) is 0.209. The minimum Gasteiger partial charge on any atom is -0.365 e. The molecule has 4 aliphatic heterocycles. The van der Waals surface area contributed by atoms with Crippen molar-refractivity contribution in [2.45, 2.75) is 62.0 Å². The maximum absolute atomic E-state index is 13.4. The van der Waals surface area contributed by atoms with E-state index in [1.807, 2.05) is 12.1 Å². The molecule has 4 fully saturated rings. The number of methoxy groups -OCH3 is 1. The Morgan fingerprint density at radius 1 is 1.24 bits per heavy atom. The smallest absolute Gasteiger partial charge is 0.217 e. The standard InChI is InChI=1S/C21H44N8O3S/c1-14-5-7-29(13-14)16-4-6-23-18(8-16)24-12-17(9-22)33(30,31)27-19-20-15(11-26-28(20)2)10-25-21(19)32-3/h14-21,23-27H,4-13,22H2,1-3H3/t14-,15?,16?,17?,18?,19?,20?,21?/m0/s1. The van der Waals surface area contributed by atoms with Crippen molar-refractivity contribution in [1.82, 2.24) is 36.0 Å². The molecule has 0 spiro atoms. The van der Waals surface area contributed by atoms with Gasteiger partial charge in [-0.1, -0.05) is 6.92 Å². The number of hydrogen-bond donors (Lipinski definition) is 6. The van der Waals surface area contributed by atoms with Gasteiger partial charge < -0.3 is 21.1 Å². The summed E-state index contributed by atoms with van der Waals surface area (Å²) in [5, 5.41) is 11.6. The van der Waals surface area contributed by atoms with Crippen molar-refractivity contribution < 1.29 is 13.2 Å². The molecule has 0 radical (unpaired) electrons. The van der Waals surface area contributed by atoms with Gasteiger partial charge in [-0.05, 0) is 38.3 Å². The summed E-state index contributed by atoms with van der Waals surface area (Å²) in [6.45, 7) is 7.57. The molecule has 0 saturated carbocycles. The van der Waals surface area contributed by atoms with E-state index in [0.29, 0.717) is 18.5 Å². The van der Waals surface area contributed by atoms with Crippen LogP contribution in [-0.2, 0) is 14.8 Å². The summed E-state index contributed by atoms with van der Waals surface area (Å²) in [5.41, 5.74) is 9.28. The van der Waals surface area contributed by atoms with E-state index in [1.165, 1.54) is 19.5 Å². The number of likely N-dealkylation sites (tertiary alicyclic amines) is 1. The summed E-state index contributed by atoms with van der Waals surface area (Å²) < 4.78 is 35.3. The molecule has 0 bridgehead atoms. The highest BCUT2D eigenvalue weighted by atomic mass is 32.2. The number of hydrogen-bond acceptors (Lipinski definition) is 10. The second kappa shape index (κ2) is 11.1. The number of likely N-dealkylation sites (N-methyl/N-ethyl adjacent to an activating group) is 1. The van der Waals surface area contributed by atoms with Crippen LogP contribution in [0.2, 0.25) is 0 Å². The Hall–Kier alpha value is -0.410. The monoisotopic (exact) mass is 488 g/mol. The van der Waals surface area contributed by atoms with Gasteiger partial charge in [0.1, 0.15) is 11.5 Å². The Balaban J connectivity index is 1.35. The van der Waals surface area contributed by atoms with Gasteiger partial charge in [-0.15, -0.1) is 0 Å². The summed E-state index contributed by atoms with van der Waals surface area (Å²) in [4.78, 5) is 2.60. The summed E-state index contributed by atoms with van der Waals surface area (Å²) in [6.07, 6.45) is 3.10. The molecular weight excluding hydrogens is 444 g/mol. The lowest BCUT2D eigenvalue weighted by Gasteiger charge is -2.42. The van der Waals surface area contributed by atoms with Crippen LogP contribution < -0.4 is 31.8 Å². The van der Waals surface area contributed by atoms with Gasteiger partial charge in [-0.2, -0.15) is 0 Å². The summed E-state index contributed by atoms with van der Waals surface area (Å²) in [6, 6.07) is 0.168. The van der Waals surface area contributed by atoms with E-state index in [-0.39, 0.29) is 18.8 Å². The largest absolute Gasteiger partial charge is 0.365 e. The number of nitrogens with two attached hydrogens (primary N) is 1. The molecule has 0 aromatic rings. The topological polar surface area (TPSA) is 136 Å². The van der Waals surface area contributed by atoms with Crippen molar-refractivity contribution >= 4 is 10.0 Å². The van der Waals surface area contributed by atoms with Gasteiger partial charge in [0, 0.05) is 64.9 Å². The molecule has 4 rings (SSSR count). The summed E-state index contributed by atoms with van der Waals surface area (Å²) in [7, 11) is -0.101. The highest BCUT2D eigenvalue weighted by Crippen LogP contribution is 2.26. The Bertz CT molecular complexity index is 743. The summed E-state index contributed by atoms with van der Waals surface area (Å²) in [5.74, 6) is 1.07. The number of sulfonamides is 1. The van der Waals surface area contributed by atoms with Crippen LogP contribution in [0.1, 0.15) is 26.2 Å². The SMILES string of the molecule is COC1NCC2CNN(C)C2C1NS(=O)(=O)C(CN)CNC1CC(N2CC[C@H](C)C2)CCN1. The van der Waals surface area contributed by atoms with Crippen molar-refractivity contribution in [3.63, 3.8) is 0 Å². The van der Waals surface area contributed by atoms with Crippen LogP contribution >= 0.6 is 0 Å². The van der Waals surface area contributed by atoms with Gasteiger partial charge in [-0.3, -0.25) is 15.6 Å². The molecule has 7 N–H and O–H groups in total. The Morgan fingerprint density at radius 3 is 2.76 bits per heavy atom. The molecule has 0 aliphatic carbocycles. The number of fused-ring (bicyclic) bond motifs is 1. The highest BCUT2D eigenvalue weighted by Gasteiger charge is 2.47. The molecule has 7 unspecified atom stereocenters. The van der Waals surface area contributed by atoms with E-state index >= 15 is 0 Å². The normalized spacial score (nSPS) is 39.6. The summed E-state index contributed by atoms with van der Waals surface area (Å²) >= 11 is 0. The number of ether oxygens (including phenoxy) is 1. The van der Waals surface area contributed by atoms with Crippen LogP contribution in [0.3, 0.4) is 0 Å². The molecule has 12 heteroatoms. The van der Waals surface area contributed by atoms with E-state index in [9.17, 15) is 8.42 Å². The maximum atomic E-state index is 13.4. The fourth-order valence-electron chi connectivity index (χ4n) is 6.03. The number of rotatable bonds is 9. The molecule has 0 aromatic carbocycles. The average molecular weight is 489 g/mol. The molecule has 4 saturated heterocycles. The van der Waals surface area contributed by atoms with E-state index in [1.54, 1.807) is 7.11 Å². The van der Waals surface area contributed by atoms with Crippen molar-refractivity contribution in [3.05, 3.63) is 0 Å². The minimum absolute atomic E-state index is 0.0148. The average Bonchev–Trinajstić information content (AvgIpc) is 3.40. The van der Waals surface area contributed by atoms with E-state index < -0.39 is 27.5 Å². The maximum Gasteiger partial charge on any atom is 0.217 e. The predicted octanol–water partition coefficient (Wildman–Crippen LogP) is -2.38. The van der Waals surface area contributed by atoms with Crippen LogP contribution in [0.4, 0.5) is 0 Å². The fourth-order valence-corrected chi connectivity index (χ4v) is 7.43. The van der Waals surface area contributed by atoms with Gasteiger partial charge in [0.2, 0.25) is 10.0 Å². The third-order valence-electron chi connectivity index (χ3n) is 8.00. The van der Waals surface area contributed by atoms with Crippen molar-refractivity contribution in [2.75, 3.05) is 60.0 Å². The Morgan fingerprint density at radius 2 is 2.06 bits per heavy atom. The predicted molar refractivity (Wildman–Crippen MR) is 129 cm³/mol. The second-order valence-corrected chi connectivity index (χ2v) is 12.3. The Kier molecular flexibility index (Phi) is 8.64. The second-order valence-electron chi connectivity index (χ2n) is 10.3. The zero-order valence-electron chi connectivity index (χ0n) is 20.3. The highest BCUT2D eigenvalue weighted by molar-refractivity contribution is 7.90. The lowest BCUT2D eigenvalue weighted by molar-refractivity contribution is -0.0106. The van der Waals surface area contributed by atoms with Crippen LogP contribution in [0, 0.1) is 11.8 Å². The van der Waals surface area contributed by atoms with Gasteiger partial charge in [0.05, 0.1) is 12.2 Å². The number of nitrogens with zero attached hydrogens (tertiary/aromatic N) is 2. The fraction of sp³-hybridized carbons (Fsp3) is 1.00. The van der Waals surface area contributed by atoms with Crippen LogP contribution in [0.15, 0.2) is 0 Å². The van der Waals surface area contributed by atoms with E-state index in [4.69, 9.17) is 10.5 Å². The van der Waals surface area contributed by atoms with Crippen LogP contribution in [0.25, 0.3) is 0 Å². The third kappa shape index (κ3) is 5.88. The first kappa shape index (κ1) is 25.7. The van der Waals surface area contributed by atoms with Gasteiger partial charge in [0.25, 0.3) is 0 Å². The lowest BCUT2D eigenvalue weighted by atomic mass is 9.90. The number of hydrazine groups is 1. The van der Waals surface area contributed by atoms with Crippen molar-refractivity contribution in [2.24, 2.45) is 17.6 Å². The number of nitrogens with one attached hydrogen (secondary N) is 5. The van der Waals surface area contributed by atoms with Crippen LogP contribution in [-0.4, -0.2) is 114 Å². The molecule has 192 valence electrons.